The van der Waals surface area contributed by atoms with Crippen LogP contribution in [0.4, 0.5) is 0 Å². The van der Waals surface area contributed by atoms with Crippen LogP contribution >= 0.6 is 0 Å². The van der Waals surface area contributed by atoms with Crippen molar-refractivity contribution in [2.24, 2.45) is 0 Å². The summed E-state index contributed by atoms with van der Waals surface area (Å²) in [6.45, 7) is 0. The van der Waals surface area contributed by atoms with Crippen LogP contribution in [0.2, 0.25) is 0 Å². The van der Waals surface area contributed by atoms with E-state index in [-0.39, 0.29) is 61.5 Å². The molecule has 0 atom stereocenters. The summed E-state index contributed by atoms with van der Waals surface area (Å²) in [5.74, 6) is 0. The van der Waals surface area contributed by atoms with Crippen LogP contribution in [0.5, 0.6) is 0 Å². The van der Waals surface area contributed by atoms with Gasteiger partial charge < -0.3 is 2.85 Å². The Morgan fingerprint density at radius 3 is 1.50 bits per heavy atom. The zero-order valence-electron chi connectivity index (χ0n) is 4.03. The zero-order valence-corrected chi connectivity index (χ0v) is 8.11. The first-order chi connectivity index (χ1) is 1.00. The monoisotopic (exact) mass is 240 g/mol. The van der Waals surface area contributed by atoms with Gasteiger partial charge in [-0.1, -0.05) is 0 Å². The van der Waals surface area contributed by atoms with Crippen LogP contribution in [-0.4, -0.2) is 23.1 Å². The van der Waals surface area contributed by atoms with Crippen molar-refractivity contribution in [3.05, 3.63) is 0 Å². The van der Waals surface area contributed by atoms with Gasteiger partial charge in [0, 0.05) is 35.6 Å². The van der Waals surface area contributed by atoms with Crippen molar-refractivity contribution in [1.82, 2.24) is 0 Å². The Kier molecular flexibility index (Phi) is 76.0. The summed E-state index contributed by atoms with van der Waals surface area (Å²) in [6, 6.07) is 0. The molecule has 0 heterocycles. The molecule has 0 rings (SSSR count). The third kappa shape index (κ3) is 8.86. The van der Waals surface area contributed by atoms with E-state index in [0.29, 0.717) is 0 Å². The summed E-state index contributed by atoms with van der Waals surface area (Å²) in [5, 5.41) is 0. The SMILES string of the molecule is [H-].[H-].[La].[Mg+2].[O]=[Co]. The van der Waals surface area contributed by atoms with E-state index in [1.165, 1.54) is 0 Å². The van der Waals surface area contributed by atoms with Crippen LogP contribution in [-0.2, 0) is 19.5 Å². The molecule has 0 aromatic heterocycles. The molecule has 22 valence electrons. The first kappa shape index (κ1) is 16.3. The fraction of sp³-hybridized carbons (Fsp3) is 0. The van der Waals surface area contributed by atoms with Crippen LogP contribution in [0.25, 0.3) is 0 Å². The minimum absolute atomic E-state index is 0. The van der Waals surface area contributed by atoms with Crippen LogP contribution in [0.1, 0.15) is 2.85 Å². The summed E-state index contributed by atoms with van der Waals surface area (Å²) in [6.07, 6.45) is 0. The number of rotatable bonds is 0. The Morgan fingerprint density at radius 2 is 1.50 bits per heavy atom. The molecule has 0 saturated carbocycles. The fourth-order valence-electron chi connectivity index (χ4n) is 0. The quantitative estimate of drug-likeness (QED) is 0.532. The molecule has 0 bridgehead atoms. The van der Waals surface area contributed by atoms with E-state index in [4.69, 9.17) is 3.87 Å². The molecule has 1 radical (unpaired) electrons. The molecule has 0 saturated heterocycles. The molecule has 0 amide bonds. The average molecular weight is 240 g/mol. The van der Waals surface area contributed by atoms with Crippen LogP contribution < -0.4 is 0 Å². The molecule has 0 aromatic rings. The van der Waals surface area contributed by atoms with Crippen molar-refractivity contribution < 1.29 is 58.0 Å². The molecule has 0 N–H and O–H groups in total. The predicted molar refractivity (Wildman–Crippen MR) is 8.66 cm³/mol. The second-order valence-corrected chi connectivity index (χ2v) is 0. The van der Waals surface area contributed by atoms with Crippen molar-refractivity contribution in [3.8, 4) is 0 Å². The second-order valence-electron chi connectivity index (χ2n) is 0. The maximum atomic E-state index is 7.94. The Bertz CT molecular complexity index is 13.5. The Labute approximate surface area is 79.8 Å². The first-order valence-corrected chi connectivity index (χ1v) is 0.561. The van der Waals surface area contributed by atoms with E-state index in [9.17, 15) is 0 Å². The van der Waals surface area contributed by atoms with E-state index < -0.39 is 0 Å². The molecular formula is H2CoLaMgO. The van der Waals surface area contributed by atoms with Gasteiger partial charge in [-0.3, -0.25) is 0 Å². The van der Waals surface area contributed by atoms with Gasteiger partial charge in [-0.2, -0.15) is 0 Å². The maximum absolute atomic E-state index is 7.94. The van der Waals surface area contributed by atoms with E-state index in [0.717, 1.165) is 0 Å². The van der Waals surface area contributed by atoms with Gasteiger partial charge in [-0.25, -0.2) is 0 Å². The van der Waals surface area contributed by atoms with E-state index in [1.54, 1.807) is 0 Å². The van der Waals surface area contributed by atoms with Gasteiger partial charge in [0.05, 0.1) is 0 Å². The average Bonchev–Trinajstić information content (AvgIpc) is 1.00. The number of hydrogen-bond donors (Lipinski definition) is 0. The Hall–Kier alpha value is 2.27. The molecule has 4 heavy (non-hydrogen) atoms. The van der Waals surface area contributed by atoms with Crippen LogP contribution in [0, 0.1) is 35.6 Å². The molecule has 0 aliphatic heterocycles. The number of hydrogen-bond acceptors (Lipinski definition) is 1. The molecule has 0 aromatic carbocycles. The van der Waals surface area contributed by atoms with E-state index in [2.05, 4.69) is 15.7 Å². The summed E-state index contributed by atoms with van der Waals surface area (Å²) in [4.78, 5) is 0. The van der Waals surface area contributed by atoms with Gasteiger partial charge in [0.25, 0.3) is 0 Å². The Balaban J connectivity index is -0.000000000833. The van der Waals surface area contributed by atoms with Gasteiger partial charge in [0.1, 0.15) is 0 Å². The molecule has 0 unspecified atom stereocenters. The van der Waals surface area contributed by atoms with E-state index in [1.807, 2.05) is 0 Å². The zero-order chi connectivity index (χ0) is 2.00. The summed E-state index contributed by atoms with van der Waals surface area (Å²) in [7, 11) is 0. The van der Waals surface area contributed by atoms with Crippen LogP contribution in [0.15, 0.2) is 0 Å². The standard InChI is InChI=1S/Co.La.Mg.O.2H/q;;+2;;2*-1. The third-order valence-electron chi connectivity index (χ3n) is 0. The predicted octanol–water partition coefficient (Wildman–Crippen LogP) is -0.277. The first-order valence-electron chi connectivity index (χ1n) is 0.136. The van der Waals surface area contributed by atoms with Crippen molar-refractivity contribution in [2.45, 2.75) is 0 Å². The topological polar surface area (TPSA) is 17.1 Å². The van der Waals surface area contributed by atoms with Crippen molar-refractivity contribution >= 4 is 23.1 Å². The van der Waals surface area contributed by atoms with Crippen molar-refractivity contribution in [1.29, 1.82) is 0 Å². The molecule has 0 aliphatic rings. The summed E-state index contributed by atoms with van der Waals surface area (Å²) >= 11 is 2.31. The van der Waals surface area contributed by atoms with Gasteiger partial charge in [-0.05, 0) is 0 Å². The second kappa shape index (κ2) is 18.7. The molecule has 0 spiro atoms. The molecular weight excluding hydrogens is 238 g/mol. The van der Waals surface area contributed by atoms with Crippen LogP contribution in [0.3, 0.4) is 0 Å². The van der Waals surface area contributed by atoms with E-state index >= 15 is 0 Å². The Morgan fingerprint density at radius 1 is 1.50 bits per heavy atom. The fourth-order valence-corrected chi connectivity index (χ4v) is 0. The molecule has 0 fully saturated rings. The minimum atomic E-state index is 0. The summed E-state index contributed by atoms with van der Waals surface area (Å²) in [5.41, 5.74) is 0. The van der Waals surface area contributed by atoms with Gasteiger partial charge >= 0.3 is 42.6 Å². The van der Waals surface area contributed by atoms with Crippen molar-refractivity contribution in [3.63, 3.8) is 0 Å². The summed E-state index contributed by atoms with van der Waals surface area (Å²) < 4.78 is 7.94. The normalized spacial score (nSPS) is 1.25. The van der Waals surface area contributed by atoms with Gasteiger partial charge in [0.2, 0.25) is 0 Å². The molecule has 4 heteroatoms. The third-order valence-corrected chi connectivity index (χ3v) is 0. The molecule has 0 aliphatic carbocycles. The van der Waals surface area contributed by atoms with Gasteiger partial charge in [-0.15, -0.1) is 0 Å². The molecule has 1 nitrogen and oxygen atoms in total. The van der Waals surface area contributed by atoms with Crippen molar-refractivity contribution in [2.75, 3.05) is 0 Å². The van der Waals surface area contributed by atoms with Gasteiger partial charge in [0.15, 0.2) is 0 Å².